The molecule has 0 aliphatic rings. The number of fused-ring (bicyclic) bond motifs is 1. The number of hydrogen-bond acceptors (Lipinski definition) is 3. The fourth-order valence-electron chi connectivity index (χ4n) is 3.54. The Morgan fingerprint density at radius 2 is 1.77 bits per heavy atom. The van der Waals surface area contributed by atoms with Crippen LogP contribution in [0.4, 0.5) is 0 Å². The van der Waals surface area contributed by atoms with E-state index in [1.807, 2.05) is 42.5 Å². The monoisotopic (exact) mass is 498 g/mol. The average molecular weight is 500 g/mol. The Labute approximate surface area is 195 Å². The molecule has 0 atom stereocenters. The number of para-hydroxylation sites is 1. The van der Waals surface area contributed by atoms with Gasteiger partial charge in [0.15, 0.2) is 11.5 Å². The summed E-state index contributed by atoms with van der Waals surface area (Å²) in [6.45, 7) is 1.98. The van der Waals surface area contributed by atoms with E-state index in [1.54, 1.807) is 7.11 Å². The molecule has 4 aromatic rings. The quantitative estimate of drug-likeness (QED) is 0.258. The maximum atomic E-state index is 6.23. The second-order valence-corrected chi connectivity index (χ2v) is 8.52. The largest absolute Gasteiger partial charge is 0.493 e. The van der Waals surface area contributed by atoms with Crippen molar-refractivity contribution in [1.82, 2.24) is 10.3 Å². The van der Waals surface area contributed by atoms with Crippen LogP contribution in [0.15, 0.2) is 71.3 Å². The summed E-state index contributed by atoms with van der Waals surface area (Å²) in [6, 6.07) is 20.0. The Balaban J connectivity index is 1.36. The van der Waals surface area contributed by atoms with Gasteiger partial charge in [-0.15, -0.1) is 0 Å². The molecule has 4 rings (SSSR count). The second kappa shape index (κ2) is 10.2. The summed E-state index contributed by atoms with van der Waals surface area (Å²) in [5.74, 6) is 1.38. The van der Waals surface area contributed by atoms with Gasteiger partial charge in [0.2, 0.25) is 0 Å². The van der Waals surface area contributed by atoms with Crippen molar-refractivity contribution < 1.29 is 9.47 Å². The maximum Gasteiger partial charge on any atom is 0.162 e. The van der Waals surface area contributed by atoms with Crippen LogP contribution < -0.4 is 14.8 Å². The molecule has 6 heteroatoms. The van der Waals surface area contributed by atoms with Gasteiger partial charge in [0.05, 0.1) is 7.11 Å². The lowest BCUT2D eigenvalue weighted by Gasteiger charge is -2.15. The third-order valence-electron chi connectivity index (χ3n) is 5.24. The summed E-state index contributed by atoms with van der Waals surface area (Å²) in [5.41, 5.74) is 4.55. The van der Waals surface area contributed by atoms with Crippen molar-refractivity contribution in [3.05, 3.63) is 93.0 Å². The van der Waals surface area contributed by atoms with E-state index < -0.39 is 0 Å². The molecular formula is C25H24BrClN2O2. The van der Waals surface area contributed by atoms with Gasteiger partial charge in [-0.25, -0.2) is 0 Å². The Morgan fingerprint density at radius 1 is 0.968 bits per heavy atom. The van der Waals surface area contributed by atoms with Crippen LogP contribution in [0.25, 0.3) is 10.9 Å². The molecule has 4 nitrogen and oxygen atoms in total. The molecule has 0 bridgehead atoms. The first-order valence-corrected chi connectivity index (χ1v) is 11.3. The van der Waals surface area contributed by atoms with Crippen molar-refractivity contribution in [2.45, 2.75) is 19.6 Å². The van der Waals surface area contributed by atoms with Crippen LogP contribution in [-0.4, -0.2) is 18.6 Å². The smallest absolute Gasteiger partial charge is 0.162 e. The van der Waals surface area contributed by atoms with Crippen LogP contribution in [0, 0.1) is 0 Å². The fraction of sp³-hybridized carbons (Fsp3) is 0.200. The molecule has 0 fully saturated rings. The molecule has 0 aliphatic carbocycles. The molecule has 3 aromatic carbocycles. The zero-order valence-electron chi connectivity index (χ0n) is 17.3. The first-order valence-electron chi connectivity index (χ1n) is 10.1. The number of benzene rings is 3. The predicted octanol–water partition coefficient (Wildman–Crippen LogP) is 6.50. The van der Waals surface area contributed by atoms with E-state index in [1.165, 1.54) is 16.5 Å². The topological polar surface area (TPSA) is 46.3 Å². The molecule has 31 heavy (non-hydrogen) atoms. The summed E-state index contributed by atoms with van der Waals surface area (Å²) < 4.78 is 12.5. The van der Waals surface area contributed by atoms with E-state index in [0.29, 0.717) is 23.1 Å². The van der Waals surface area contributed by atoms with Gasteiger partial charge in [0, 0.05) is 38.7 Å². The van der Waals surface area contributed by atoms with Crippen molar-refractivity contribution in [2.24, 2.45) is 0 Å². The molecule has 0 unspecified atom stereocenters. The molecule has 2 N–H and O–H groups in total. The van der Waals surface area contributed by atoms with Crippen LogP contribution in [0.2, 0.25) is 5.02 Å². The molecule has 0 radical (unpaired) electrons. The minimum Gasteiger partial charge on any atom is -0.493 e. The number of aromatic amines is 1. The summed E-state index contributed by atoms with van der Waals surface area (Å²) in [6.07, 6.45) is 3.05. The van der Waals surface area contributed by atoms with E-state index in [4.69, 9.17) is 21.1 Å². The molecule has 1 aromatic heterocycles. The van der Waals surface area contributed by atoms with Gasteiger partial charge in [0.1, 0.15) is 6.61 Å². The molecule has 0 amide bonds. The third kappa shape index (κ3) is 5.24. The summed E-state index contributed by atoms with van der Waals surface area (Å²) in [4.78, 5) is 3.33. The second-order valence-electron chi connectivity index (χ2n) is 7.26. The van der Waals surface area contributed by atoms with Crippen molar-refractivity contribution >= 4 is 38.4 Å². The normalized spacial score (nSPS) is 11.1. The Bertz CT molecular complexity index is 1180. The van der Waals surface area contributed by atoms with Crippen LogP contribution in [0.3, 0.4) is 0 Å². The number of ether oxygens (including phenoxy) is 2. The molecule has 0 saturated carbocycles. The van der Waals surface area contributed by atoms with E-state index in [0.717, 1.165) is 35.1 Å². The SMILES string of the molecule is COc1cc(CNCCc2c[nH]c3ccccc23)c(Br)cc1OCc1ccccc1Cl. The number of H-pyrrole nitrogens is 1. The lowest BCUT2D eigenvalue weighted by atomic mass is 10.1. The summed E-state index contributed by atoms with van der Waals surface area (Å²) in [7, 11) is 1.65. The van der Waals surface area contributed by atoms with E-state index >= 15 is 0 Å². The highest BCUT2D eigenvalue weighted by molar-refractivity contribution is 9.10. The van der Waals surface area contributed by atoms with Crippen LogP contribution in [-0.2, 0) is 19.6 Å². The lowest BCUT2D eigenvalue weighted by molar-refractivity contribution is 0.284. The van der Waals surface area contributed by atoms with Gasteiger partial charge in [0.25, 0.3) is 0 Å². The Morgan fingerprint density at radius 3 is 2.61 bits per heavy atom. The van der Waals surface area contributed by atoms with Crippen molar-refractivity contribution in [1.29, 1.82) is 0 Å². The number of rotatable bonds is 9. The van der Waals surface area contributed by atoms with Crippen LogP contribution in [0.5, 0.6) is 11.5 Å². The Kier molecular flexibility index (Phi) is 7.17. The number of methoxy groups -OCH3 is 1. The predicted molar refractivity (Wildman–Crippen MR) is 130 cm³/mol. The highest BCUT2D eigenvalue weighted by Gasteiger charge is 2.12. The van der Waals surface area contributed by atoms with Gasteiger partial charge in [-0.1, -0.05) is 63.9 Å². The number of nitrogens with one attached hydrogen (secondary N) is 2. The first kappa shape index (κ1) is 21.8. The van der Waals surface area contributed by atoms with Gasteiger partial charge >= 0.3 is 0 Å². The highest BCUT2D eigenvalue weighted by Crippen LogP contribution is 2.34. The summed E-state index contributed by atoms with van der Waals surface area (Å²) in [5, 5.41) is 5.50. The maximum absolute atomic E-state index is 6.23. The molecule has 160 valence electrons. The molecule has 0 aliphatic heterocycles. The number of halogens is 2. The number of aromatic nitrogens is 1. The zero-order valence-corrected chi connectivity index (χ0v) is 19.6. The van der Waals surface area contributed by atoms with E-state index in [2.05, 4.69) is 50.6 Å². The van der Waals surface area contributed by atoms with Gasteiger partial charge in [-0.3, -0.25) is 0 Å². The molecular weight excluding hydrogens is 476 g/mol. The van der Waals surface area contributed by atoms with Crippen molar-refractivity contribution in [2.75, 3.05) is 13.7 Å². The summed E-state index contributed by atoms with van der Waals surface area (Å²) >= 11 is 9.90. The van der Waals surface area contributed by atoms with Crippen molar-refractivity contribution in [3.8, 4) is 11.5 Å². The van der Waals surface area contributed by atoms with Crippen molar-refractivity contribution in [3.63, 3.8) is 0 Å². The first-order chi connectivity index (χ1) is 15.2. The lowest BCUT2D eigenvalue weighted by Crippen LogP contribution is -2.17. The number of hydrogen-bond donors (Lipinski definition) is 2. The van der Waals surface area contributed by atoms with Gasteiger partial charge in [-0.05, 0) is 48.4 Å². The minimum atomic E-state index is 0.380. The average Bonchev–Trinajstić information content (AvgIpc) is 3.20. The van der Waals surface area contributed by atoms with Crippen LogP contribution in [0.1, 0.15) is 16.7 Å². The molecule has 0 spiro atoms. The van der Waals surface area contributed by atoms with Gasteiger partial charge < -0.3 is 19.8 Å². The van der Waals surface area contributed by atoms with Crippen LogP contribution >= 0.6 is 27.5 Å². The van der Waals surface area contributed by atoms with E-state index in [-0.39, 0.29) is 0 Å². The molecule has 0 saturated heterocycles. The Hall–Kier alpha value is -2.47. The van der Waals surface area contributed by atoms with Gasteiger partial charge in [-0.2, -0.15) is 0 Å². The third-order valence-corrected chi connectivity index (χ3v) is 6.34. The highest BCUT2D eigenvalue weighted by atomic mass is 79.9. The van der Waals surface area contributed by atoms with E-state index in [9.17, 15) is 0 Å². The zero-order chi connectivity index (χ0) is 21.6. The standard InChI is InChI=1S/C25H24BrClN2O2/c1-30-24-12-19(14-28-11-10-17-15-29-23-9-5-3-7-20(17)23)21(26)13-25(24)31-16-18-6-2-4-8-22(18)27/h2-9,12-13,15,28-29H,10-11,14,16H2,1H3. The fourth-order valence-corrected chi connectivity index (χ4v) is 4.19. The molecule has 1 heterocycles. The minimum absolute atomic E-state index is 0.380.